The molecule has 4 bridgehead atoms. The molecule has 102 valence electrons. The molecular formula is C18H18O2. The summed E-state index contributed by atoms with van der Waals surface area (Å²) in [5.74, 6) is 0.499. The normalized spacial score (nSPS) is 13.8. The fraction of sp³-hybridized carbons (Fsp3) is 0.278. The lowest BCUT2D eigenvalue weighted by molar-refractivity contribution is 0.101. The molecule has 4 aliphatic carbocycles. The Hall–Kier alpha value is -2.09. The van der Waals surface area contributed by atoms with Gasteiger partial charge in [-0.2, -0.15) is 0 Å². The van der Waals surface area contributed by atoms with E-state index in [4.69, 9.17) is 0 Å². The summed E-state index contributed by atoms with van der Waals surface area (Å²) in [4.78, 5) is 11.8. The van der Waals surface area contributed by atoms with Gasteiger partial charge in [-0.15, -0.1) is 0 Å². The molecule has 4 aliphatic rings. The van der Waals surface area contributed by atoms with Crippen molar-refractivity contribution in [3.05, 3.63) is 64.2 Å². The SMILES string of the molecule is CC(=O)c1cc2ccc1CCc1ccc(cc1O)CC2. The number of aromatic hydroxyl groups is 1. The minimum atomic E-state index is 0.122. The van der Waals surface area contributed by atoms with Crippen LogP contribution in [0.2, 0.25) is 0 Å². The monoisotopic (exact) mass is 266 g/mol. The van der Waals surface area contributed by atoms with Gasteiger partial charge in [0, 0.05) is 5.56 Å². The molecular weight excluding hydrogens is 248 g/mol. The van der Waals surface area contributed by atoms with Crippen LogP contribution in [0.3, 0.4) is 0 Å². The molecule has 0 saturated carbocycles. The lowest BCUT2D eigenvalue weighted by Gasteiger charge is -2.13. The molecule has 2 heteroatoms. The minimum Gasteiger partial charge on any atom is -0.508 e. The van der Waals surface area contributed by atoms with Crippen molar-refractivity contribution in [3.8, 4) is 5.75 Å². The Bertz CT molecular complexity index is 671. The van der Waals surface area contributed by atoms with E-state index in [0.29, 0.717) is 5.75 Å². The van der Waals surface area contributed by atoms with Gasteiger partial charge in [-0.25, -0.2) is 0 Å². The first-order valence-electron chi connectivity index (χ1n) is 7.07. The zero-order valence-corrected chi connectivity index (χ0v) is 11.6. The van der Waals surface area contributed by atoms with Crippen LogP contribution in [0.25, 0.3) is 0 Å². The van der Waals surface area contributed by atoms with Crippen LogP contribution in [0.15, 0.2) is 36.4 Å². The van der Waals surface area contributed by atoms with E-state index in [1.54, 1.807) is 6.92 Å². The molecule has 0 unspecified atom stereocenters. The predicted molar refractivity (Wildman–Crippen MR) is 79.4 cm³/mol. The lowest BCUT2D eigenvalue weighted by atomic mass is 9.92. The van der Waals surface area contributed by atoms with Crippen LogP contribution in [-0.4, -0.2) is 10.9 Å². The van der Waals surface area contributed by atoms with Gasteiger partial charge in [-0.3, -0.25) is 4.79 Å². The van der Waals surface area contributed by atoms with Crippen molar-refractivity contribution in [3.63, 3.8) is 0 Å². The summed E-state index contributed by atoms with van der Waals surface area (Å²) in [5, 5.41) is 10.1. The summed E-state index contributed by atoms with van der Waals surface area (Å²) in [6.45, 7) is 1.62. The molecule has 0 atom stereocenters. The number of phenols is 1. The van der Waals surface area contributed by atoms with Gasteiger partial charge in [-0.1, -0.05) is 24.3 Å². The maximum atomic E-state index is 11.8. The number of hydrogen-bond acceptors (Lipinski definition) is 2. The van der Waals surface area contributed by atoms with Crippen LogP contribution < -0.4 is 0 Å². The van der Waals surface area contributed by atoms with E-state index >= 15 is 0 Å². The number of carbonyl (C=O) groups is 1. The van der Waals surface area contributed by atoms with Crippen molar-refractivity contribution in [1.29, 1.82) is 0 Å². The number of ketones is 1. The zero-order valence-electron chi connectivity index (χ0n) is 11.6. The molecule has 0 fully saturated rings. The minimum absolute atomic E-state index is 0.122. The molecule has 2 nitrogen and oxygen atoms in total. The standard InChI is InChI=1S/C18H18O2/c1-12(19)17-10-13-2-3-14-5-7-16(18(20)11-14)9-8-15(17)6-4-13/h4-7,10-11,20H,2-3,8-9H2,1H3. The maximum absolute atomic E-state index is 11.8. The van der Waals surface area contributed by atoms with E-state index < -0.39 is 0 Å². The molecule has 0 spiro atoms. The highest BCUT2D eigenvalue weighted by Gasteiger charge is 2.12. The lowest BCUT2D eigenvalue weighted by Crippen LogP contribution is -2.05. The molecule has 6 rings (SSSR count). The first-order chi connectivity index (χ1) is 9.63. The first-order valence-corrected chi connectivity index (χ1v) is 7.07. The number of carbonyl (C=O) groups excluding carboxylic acids is 1. The van der Waals surface area contributed by atoms with Crippen LogP contribution in [-0.2, 0) is 25.7 Å². The second-order valence-electron chi connectivity index (χ2n) is 5.51. The fourth-order valence-corrected chi connectivity index (χ4v) is 2.86. The highest BCUT2D eigenvalue weighted by molar-refractivity contribution is 5.95. The largest absolute Gasteiger partial charge is 0.508 e. The molecule has 2 aromatic carbocycles. The second-order valence-corrected chi connectivity index (χ2v) is 5.51. The molecule has 0 saturated heterocycles. The van der Waals surface area contributed by atoms with E-state index in [-0.39, 0.29) is 5.78 Å². The summed E-state index contributed by atoms with van der Waals surface area (Å²) in [5.41, 5.74) is 5.18. The third-order valence-electron chi connectivity index (χ3n) is 4.07. The quantitative estimate of drug-likeness (QED) is 0.802. The van der Waals surface area contributed by atoms with Gasteiger partial charge in [0.2, 0.25) is 0 Å². The number of Topliss-reactive ketones (excluding diaryl/α,β-unsaturated/α-hetero) is 1. The topological polar surface area (TPSA) is 37.3 Å². The van der Waals surface area contributed by atoms with Crippen molar-refractivity contribution >= 4 is 5.78 Å². The zero-order chi connectivity index (χ0) is 14.1. The van der Waals surface area contributed by atoms with Crippen molar-refractivity contribution in [2.75, 3.05) is 0 Å². The van der Waals surface area contributed by atoms with Gasteiger partial charge in [0.25, 0.3) is 0 Å². The highest BCUT2D eigenvalue weighted by atomic mass is 16.3. The number of benzene rings is 2. The van der Waals surface area contributed by atoms with E-state index in [2.05, 4.69) is 18.2 Å². The predicted octanol–water partition coefficient (Wildman–Crippen LogP) is 3.48. The van der Waals surface area contributed by atoms with E-state index in [9.17, 15) is 9.90 Å². The number of phenolic OH excluding ortho intramolecular Hbond substituents is 1. The Morgan fingerprint density at radius 3 is 2.15 bits per heavy atom. The van der Waals surface area contributed by atoms with Gasteiger partial charge in [0.15, 0.2) is 5.78 Å². The summed E-state index contributed by atoms with van der Waals surface area (Å²) in [6.07, 6.45) is 3.30. The number of rotatable bonds is 1. The molecule has 0 aromatic heterocycles. The molecule has 2 aromatic rings. The average molecular weight is 266 g/mol. The van der Waals surface area contributed by atoms with Crippen molar-refractivity contribution < 1.29 is 9.90 Å². The molecule has 0 radical (unpaired) electrons. The van der Waals surface area contributed by atoms with Crippen LogP contribution in [0.5, 0.6) is 5.75 Å². The molecule has 0 heterocycles. The number of aryl methyl sites for hydroxylation is 4. The second kappa shape index (κ2) is 5.12. The Balaban J connectivity index is 2.06. The Labute approximate surface area is 119 Å². The van der Waals surface area contributed by atoms with Crippen LogP contribution >= 0.6 is 0 Å². The van der Waals surface area contributed by atoms with Crippen molar-refractivity contribution in [2.24, 2.45) is 0 Å². The van der Waals surface area contributed by atoms with Gasteiger partial charge in [0.05, 0.1) is 0 Å². The van der Waals surface area contributed by atoms with Gasteiger partial charge in [0.1, 0.15) is 5.75 Å². The van der Waals surface area contributed by atoms with Gasteiger partial charge >= 0.3 is 0 Å². The first kappa shape index (κ1) is 12.9. The summed E-state index contributed by atoms with van der Waals surface area (Å²) >= 11 is 0. The van der Waals surface area contributed by atoms with Gasteiger partial charge in [-0.05, 0) is 67.0 Å². The summed E-state index contributed by atoms with van der Waals surface area (Å²) in [7, 11) is 0. The fourth-order valence-electron chi connectivity index (χ4n) is 2.86. The van der Waals surface area contributed by atoms with Crippen molar-refractivity contribution in [1.82, 2.24) is 0 Å². The van der Waals surface area contributed by atoms with E-state index in [1.165, 1.54) is 5.56 Å². The molecule has 0 aliphatic heterocycles. The van der Waals surface area contributed by atoms with E-state index in [1.807, 2.05) is 18.2 Å². The average Bonchev–Trinajstić information content (AvgIpc) is 2.42. The summed E-state index contributed by atoms with van der Waals surface area (Å²) < 4.78 is 0. The molecule has 1 N–H and O–H groups in total. The Morgan fingerprint density at radius 1 is 0.900 bits per heavy atom. The van der Waals surface area contributed by atoms with Crippen LogP contribution in [0.1, 0.15) is 39.5 Å². The highest BCUT2D eigenvalue weighted by Crippen LogP contribution is 2.25. The van der Waals surface area contributed by atoms with Crippen molar-refractivity contribution in [2.45, 2.75) is 32.6 Å². The Morgan fingerprint density at radius 2 is 1.50 bits per heavy atom. The van der Waals surface area contributed by atoms with Crippen LogP contribution in [0, 0.1) is 0 Å². The smallest absolute Gasteiger partial charge is 0.160 e. The third kappa shape index (κ3) is 2.46. The molecule has 0 amide bonds. The third-order valence-corrected chi connectivity index (χ3v) is 4.07. The Kier molecular flexibility index (Phi) is 3.31. The van der Waals surface area contributed by atoms with Gasteiger partial charge < -0.3 is 5.11 Å². The summed E-state index contributed by atoms with van der Waals surface area (Å²) in [6, 6.07) is 12.2. The van der Waals surface area contributed by atoms with E-state index in [0.717, 1.165) is 47.9 Å². The maximum Gasteiger partial charge on any atom is 0.160 e. The van der Waals surface area contributed by atoms with Crippen LogP contribution in [0.4, 0.5) is 0 Å². The molecule has 20 heavy (non-hydrogen) atoms. The number of hydrogen-bond donors (Lipinski definition) is 1.